The molecule has 1 aromatic carbocycles. The standard InChI is InChI=1S/C17H21FN2S/c1-10-17(21-12(3)19-10)11(2)20-14-8-13(9-14)15-6-4-5-7-16(15)18/h4-7,11,13-14,20H,8-9H2,1-3H3. The van der Waals surface area contributed by atoms with Gasteiger partial charge in [0.1, 0.15) is 5.82 Å². The van der Waals surface area contributed by atoms with E-state index in [1.54, 1.807) is 23.5 Å². The van der Waals surface area contributed by atoms with Crippen LogP contribution in [0.4, 0.5) is 4.39 Å². The molecule has 1 heterocycles. The average molecular weight is 304 g/mol. The van der Waals surface area contributed by atoms with Gasteiger partial charge in [0.05, 0.1) is 10.7 Å². The van der Waals surface area contributed by atoms with Crippen LogP contribution in [0.15, 0.2) is 24.3 Å². The highest BCUT2D eigenvalue weighted by molar-refractivity contribution is 7.11. The van der Waals surface area contributed by atoms with Gasteiger partial charge >= 0.3 is 0 Å². The molecular weight excluding hydrogens is 283 g/mol. The molecule has 0 amide bonds. The lowest BCUT2D eigenvalue weighted by molar-refractivity contribution is 0.267. The number of thiazole rings is 1. The van der Waals surface area contributed by atoms with Crippen LogP contribution in [-0.4, -0.2) is 11.0 Å². The SMILES string of the molecule is Cc1nc(C)c(C(C)NC2CC(c3ccccc3F)C2)s1. The summed E-state index contributed by atoms with van der Waals surface area (Å²) in [5.74, 6) is 0.295. The van der Waals surface area contributed by atoms with Gasteiger partial charge < -0.3 is 5.32 Å². The third-order valence-corrected chi connectivity index (χ3v) is 5.56. The van der Waals surface area contributed by atoms with E-state index in [9.17, 15) is 4.39 Å². The number of aromatic nitrogens is 1. The molecule has 1 atom stereocenters. The fraction of sp³-hybridized carbons (Fsp3) is 0.471. The minimum atomic E-state index is -0.0667. The van der Waals surface area contributed by atoms with Crippen molar-refractivity contribution in [3.05, 3.63) is 51.2 Å². The molecule has 4 heteroatoms. The molecular formula is C17H21FN2S. The molecule has 0 aliphatic heterocycles. The van der Waals surface area contributed by atoms with E-state index < -0.39 is 0 Å². The van der Waals surface area contributed by atoms with Crippen molar-refractivity contribution in [1.82, 2.24) is 10.3 Å². The zero-order valence-corrected chi connectivity index (χ0v) is 13.5. The molecule has 0 radical (unpaired) electrons. The monoisotopic (exact) mass is 304 g/mol. The maximum Gasteiger partial charge on any atom is 0.126 e. The van der Waals surface area contributed by atoms with E-state index in [0.717, 1.165) is 29.1 Å². The zero-order chi connectivity index (χ0) is 15.0. The molecule has 1 N–H and O–H groups in total. The van der Waals surface area contributed by atoms with Gasteiger partial charge in [0.15, 0.2) is 0 Å². The van der Waals surface area contributed by atoms with Crippen molar-refractivity contribution in [3.63, 3.8) is 0 Å². The number of nitrogens with one attached hydrogen (secondary N) is 1. The Morgan fingerprint density at radius 2 is 2.00 bits per heavy atom. The predicted molar refractivity (Wildman–Crippen MR) is 85.3 cm³/mol. The van der Waals surface area contributed by atoms with Gasteiger partial charge in [-0.25, -0.2) is 9.37 Å². The van der Waals surface area contributed by atoms with Crippen LogP contribution in [0.2, 0.25) is 0 Å². The first kappa shape index (κ1) is 14.7. The molecule has 1 saturated carbocycles. The molecule has 1 fully saturated rings. The van der Waals surface area contributed by atoms with Crippen LogP contribution in [-0.2, 0) is 0 Å². The predicted octanol–water partition coefficient (Wildman–Crippen LogP) is 4.50. The second kappa shape index (κ2) is 5.85. The summed E-state index contributed by atoms with van der Waals surface area (Å²) in [5.41, 5.74) is 2.00. The molecule has 3 rings (SSSR count). The summed E-state index contributed by atoms with van der Waals surface area (Å²) in [5, 5.41) is 4.77. The van der Waals surface area contributed by atoms with Crippen LogP contribution in [0.1, 0.15) is 52.9 Å². The number of hydrogen-bond donors (Lipinski definition) is 1. The lowest BCUT2D eigenvalue weighted by Crippen LogP contribution is -2.41. The Labute approximate surface area is 129 Å². The van der Waals surface area contributed by atoms with Gasteiger partial charge in [-0.3, -0.25) is 0 Å². The van der Waals surface area contributed by atoms with E-state index in [1.807, 2.05) is 19.1 Å². The van der Waals surface area contributed by atoms with Crippen LogP contribution in [0.3, 0.4) is 0 Å². The Hall–Kier alpha value is -1.26. The zero-order valence-electron chi connectivity index (χ0n) is 12.7. The largest absolute Gasteiger partial charge is 0.307 e. The Kier molecular flexibility index (Phi) is 4.09. The van der Waals surface area contributed by atoms with Crippen molar-refractivity contribution < 1.29 is 4.39 Å². The summed E-state index contributed by atoms with van der Waals surface area (Å²) < 4.78 is 13.7. The Bertz CT molecular complexity index is 631. The molecule has 2 aromatic rings. The van der Waals surface area contributed by atoms with E-state index in [2.05, 4.69) is 24.1 Å². The first-order valence-corrected chi connectivity index (χ1v) is 8.30. The van der Waals surface area contributed by atoms with E-state index in [-0.39, 0.29) is 5.82 Å². The van der Waals surface area contributed by atoms with E-state index in [1.165, 1.54) is 4.88 Å². The molecule has 0 saturated heterocycles. The van der Waals surface area contributed by atoms with Crippen LogP contribution < -0.4 is 5.32 Å². The van der Waals surface area contributed by atoms with Crippen molar-refractivity contribution in [2.24, 2.45) is 0 Å². The van der Waals surface area contributed by atoms with Crippen molar-refractivity contribution in [1.29, 1.82) is 0 Å². The first-order valence-electron chi connectivity index (χ1n) is 7.49. The fourth-order valence-electron chi connectivity index (χ4n) is 3.19. The number of nitrogens with zero attached hydrogens (tertiary/aromatic N) is 1. The van der Waals surface area contributed by atoms with Crippen molar-refractivity contribution >= 4 is 11.3 Å². The topological polar surface area (TPSA) is 24.9 Å². The van der Waals surface area contributed by atoms with Gasteiger partial charge in [-0.1, -0.05) is 18.2 Å². The Balaban J connectivity index is 1.58. The van der Waals surface area contributed by atoms with Crippen molar-refractivity contribution in [2.75, 3.05) is 0 Å². The van der Waals surface area contributed by atoms with Crippen LogP contribution in [0.5, 0.6) is 0 Å². The number of aryl methyl sites for hydroxylation is 2. The summed E-state index contributed by atoms with van der Waals surface area (Å²) in [6.07, 6.45) is 2.03. The lowest BCUT2D eigenvalue weighted by atomic mass is 9.75. The maximum atomic E-state index is 13.7. The maximum absolute atomic E-state index is 13.7. The second-order valence-corrected chi connectivity index (χ2v) is 7.19. The van der Waals surface area contributed by atoms with Crippen LogP contribution in [0, 0.1) is 19.7 Å². The van der Waals surface area contributed by atoms with Gasteiger partial charge in [-0.15, -0.1) is 11.3 Å². The highest BCUT2D eigenvalue weighted by atomic mass is 32.1. The van der Waals surface area contributed by atoms with E-state index in [4.69, 9.17) is 0 Å². The Morgan fingerprint density at radius 3 is 2.62 bits per heavy atom. The molecule has 0 spiro atoms. The van der Waals surface area contributed by atoms with Gasteiger partial charge in [0.25, 0.3) is 0 Å². The van der Waals surface area contributed by atoms with Gasteiger partial charge in [-0.2, -0.15) is 0 Å². The third-order valence-electron chi connectivity index (χ3n) is 4.30. The molecule has 1 aromatic heterocycles. The molecule has 1 unspecified atom stereocenters. The van der Waals surface area contributed by atoms with Gasteiger partial charge in [-0.05, 0) is 51.2 Å². The Morgan fingerprint density at radius 1 is 1.29 bits per heavy atom. The number of benzene rings is 1. The number of halogens is 1. The summed E-state index contributed by atoms with van der Waals surface area (Å²) in [7, 11) is 0. The first-order chi connectivity index (χ1) is 10.0. The highest BCUT2D eigenvalue weighted by Gasteiger charge is 2.33. The van der Waals surface area contributed by atoms with Gasteiger partial charge in [0.2, 0.25) is 0 Å². The number of rotatable bonds is 4. The molecule has 1 aliphatic rings. The molecule has 112 valence electrons. The summed E-state index contributed by atoms with van der Waals surface area (Å²) >= 11 is 1.77. The average Bonchev–Trinajstić information content (AvgIpc) is 2.73. The molecule has 0 bridgehead atoms. The second-order valence-electron chi connectivity index (χ2n) is 5.96. The van der Waals surface area contributed by atoms with E-state index in [0.29, 0.717) is 18.0 Å². The molecule has 21 heavy (non-hydrogen) atoms. The highest BCUT2D eigenvalue weighted by Crippen LogP contribution is 2.39. The normalized spacial score (nSPS) is 22.9. The van der Waals surface area contributed by atoms with Crippen LogP contribution in [0.25, 0.3) is 0 Å². The minimum absolute atomic E-state index is 0.0667. The van der Waals surface area contributed by atoms with E-state index >= 15 is 0 Å². The summed E-state index contributed by atoms with van der Waals surface area (Å²) in [6.45, 7) is 6.31. The lowest BCUT2D eigenvalue weighted by Gasteiger charge is -2.38. The molecule has 1 aliphatic carbocycles. The quantitative estimate of drug-likeness (QED) is 0.900. The van der Waals surface area contributed by atoms with Crippen molar-refractivity contribution in [3.8, 4) is 0 Å². The number of hydrogen-bond acceptors (Lipinski definition) is 3. The summed E-state index contributed by atoms with van der Waals surface area (Å²) in [4.78, 5) is 5.81. The van der Waals surface area contributed by atoms with Crippen molar-refractivity contribution in [2.45, 2.75) is 51.6 Å². The third kappa shape index (κ3) is 3.01. The smallest absolute Gasteiger partial charge is 0.126 e. The van der Waals surface area contributed by atoms with Gasteiger partial charge in [0, 0.05) is 17.0 Å². The molecule has 2 nitrogen and oxygen atoms in total. The minimum Gasteiger partial charge on any atom is -0.307 e. The summed E-state index contributed by atoms with van der Waals surface area (Å²) in [6, 6.07) is 7.95. The fourth-order valence-corrected chi connectivity index (χ4v) is 4.13. The van der Waals surface area contributed by atoms with Crippen LogP contribution >= 0.6 is 11.3 Å².